The Labute approximate surface area is 134 Å². The van der Waals surface area contributed by atoms with E-state index in [0.717, 1.165) is 11.6 Å². The number of nitro benzene ring substituents is 1. The van der Waals surface area contributed by atoms with Gasteiger partial charge in [0.25, 0.3) is 0 Å². The second-order valence-corrected chi connectivity index (χ2v) is 5.11. The lowest BCUT2D eigenvalue weighted by Crippen LogP contribution is -2.00. The summed E-state index contributed by atoms with van der Waals surface area (Å²) in [6.07, 6.45) is 6.61. The molecule has 3 aromatic heterocycles. The molecule has 4 rings (SSSR count). The molecule has 0 radical (unpaired) electrons. The Hall–Kier alpha value is -3.55. The Kier molecular flexibility index (Phi) is 3.09. The molecule has 7 nitrogen and oxygen atoms in total. The number of fused-ring (bicyclic) bond motifs is 1. The number of benzene rings is 1. The van der Waals surface area contributed by atoms with Gasteiger partial charge in [0, 0.05) is 42.5 Å². The molecule has 24 heavy (non-hydrogen) atoms. The predicted molar refractivity (Wildman–Crippen MR) is 84.4 cm³/mol. The molecule has 0 bridgehead atoms. The van der Waals surface area contributed by atoms with Crippen LogP contribution in [0.4, 0.5) is 10.1 Å². The summed E-state index contributed by atoms with van der Waals surface area (Å²) in [7, 11) is 0. The van der Waals surface area contributed by atoms with E-state index >= 15 is 0 Å². The van der Waals surface area contributed by atoms with E-state index in [4.69, 9.17) is 0 Å². The van der Waals surface area contributed by atoms with Crippen molar-refractivity contribution in [3.05, 3.63) is 77.1 Å². The van der Waals surface area contributed by atoms with Crippen LogP contribution in [-0.2, 0) is 0 Å². The number of imidazole rings is 1. The van der Waals surface area contributed by atoms with Gasteiger partial charge in [0.1, 0.15) is 5.65 Å². The standard InChI is InChI=1S/C16H10FN5O2/c17-16-13(4-1-5-14(16)22(23)24)20-7-8-21-15(20)9-12(19-21)11-3-2-6-18-10-11/h1-10H. The lowest BCUT2D eigenvalue weighted by Gasteiger charge is -2.05. The fraction of sp³-hybridized carbons (Fsp3) is 0. The van der Waals surface area contributed by atoms with Gasteiger partial charge in [0.05, 0.1) is 16.3 Å². The Morgan fingerprint density at radius 3 is 2.79 bits per heavy atom. The van der Waals surface area contributed by atoms with Crippen LogP contribution in [0.15, 0.2) is 61.2 Å². The van der Waals surface area contributed by atoms with Gasteiger partial charge in [-0.2, -0.15) is 9.49 Å². The minimum absolute atomic E-state index is 0.0943. The minimum atomic E-state index is -0.885. The fourth-order valence-electron chi connectivity index (χ4n) is 2.57. The molecular weight excluding hydrogens is 313 g/mol. The zero-order chi connectivity index (χ0) is 16.7. The van der Waals surface area contributed by atoms with Crippen molar-refractivity contribution in [2.75, 3.05) is 0 Å². The van der Waals surface area contributed by atoms with Crippen LogP contribution in [0, 0.1) is 15.9 Å². The maximum absolute atomic E-state index is 14.4. The average molecular weight is 323 g/mol. The molecule has 0 aliphatic heterocycles. The summed E-state index contributed by atoms with van der Waals surface area (Å²) in [5, 5.41) is 15.3. The molecule has 3 heterocycles. The van der Waals surface area contributed by atoms with E-state index in [1.54, 1.807) is 41.4 Å². The molecule has 0 N–H and O–H groups in total. The van der Waals surface area contributed by atoms with Gasteiger partial charge in [0.15, 0.2) is 0 Å². The third-order valence-electron chi connectivity index (χ3n) is 3.69. The monoisotopic (exact) mass is 323 g/mol. The van der Waals surface area contributed by atoms with Crippen molar-refractivity contribution >= 4 is 11.3 Å². The highest BCUT2D eigenvalue weighted by atomic mass is 19.1. The van der Waals surface area contributed by atoms with Gasteiger partial charge in [-0.3, -0.25) is 19.7 Å². The highest BCUT2D eigenvalue weighted by Gasteiger charge is 2.20. The highest BCUT2D eigenvalue weighted by Crippen LogP contribution is 2.26. The van der Waals surface area contributed by atoms with Crippen LogP contribution in [0.25, 0.3) is 22.6 Å². The topological polar surface area (TPSA) is 78.3 Å². The average Bonchev–Trinajstić information content (AvgIpc) is 3.16. The van der Waals surface area contributed by atoms with Crippen molar-refractivity contribution in [1.82, 2.24) is 19.2 Å². The molecule has 1 aromatic carbocycles. The molecule has 0 aliphatic carbocycles. The summed E-state index contributed by atoms with van der Waals surface area (Å²) in [5.41, 5.74) is 1.63. The summed E-state index contributed by atoms with van der Waals surface area (Å²) in [6.45, 7) is 0. The first-order valence-electron chi connectivity index (χ1n) is 7.05. The molecule has 4 aromatic rings. The van der Waals surface area contributed by atoms with Gasteiger partial charge in [-0.25, -0.2) is 4.52 Å². The van der Waals surface area contributed by atoms with Crippen molar-refractivity contribution in [1.29, 1.82) is 0 Å². The summed E-state index contributed by atoms with van der Waals surface area (Å²) in [6, 6.07) is 9.51. The Morgan fingerprint density at radius 2 is 2.04 bits per heavy atom. The Morgan fingerprint density at radius 1 is 1.17 bits per heavy atom. The van der Waals surface area contributed by atoms with E-state index in [0.29, 0.717) is 11.3 Å². The van der Waals surface area contributed by atoms with Crippen molar-refractivity contribution < 1.29 is 9.31 Å². The van der Waals surface area contributed by atoms with Gasteiger partial charge >= 0.3 is 5.69 Å². The van der Waals surface area contributed by atoms with Crippen LogP contribution in [0.2, 0.25) is 0 Å². The number of nitrogens with zero attached hydrogens (tertiary/aromatic N) is 5. The molecule has 0 spiro atoms. The first-order chi connectivity index (χ1) is 11.6. The lowest BCUT2D eigenvalue weighted by atomic mass is 10.2. The summed E-state index contributed by atoms with van der Waals surface area (Å²) in [4.78, 5) is 14.2. The molecule has 118 valence electrons. The molecule has 0 saturated carbocycles. The first-order valence-corrected chi connectivity index (χ1v) is 7.05. The Balaban J connectivity index is 1.88. The third-order valence-corrected chi connectivity index (χ3v) is 3.69. The quantitative estimate of drug-likeness (QED) is 0.428. The van der Waals surface area contributed by atoms with Gasteiger partial charge in [0.2, 0.25) is 5.82 Å². The smallest absolute Gasteiger partial charge is 0.297 e. The van der Waals surface area contributed by atoms with Gasteiger partial charge < -0.3 is 0 Å². The Bertz CT molecular complexity index is 1050. The van der Waals surface area contributed by atoms with Crippen LogP contribution in [0.5, 0.6) is 0 Å². The van der Waals surface area contributed by atoms with Crippen LogP contribution >= 0.6 is 0 Å². The van der Waals surface area contributed by atoms with Crippen molar-refractivity contribution in [3.63, 3.8) is 0 Å². The number of hydrogen-bond acceptors (Lipinski definition) is 4. The van der Waals surface area contributed by atoms with E-state index in [2.05, 4.69) is 10.1 Å². The largest absolute Gasteiger partial charge is 0.306 e. The second-order valence-electron chi connectivity index (χ2n) is 5.11. The normalized spacial score (nSPS) is 11.0. The number of aromatic nitrogens is 4. The minimum Gasteiger partial charge on any atom is -0.297 e. The summed E-state index contributed by atoms with van der Waals surface area (Å²) in [5.74, 6) is -0.885. The summed E-state index contributed by atoms with van der Waals surface area (Å²) < 4.78 is 17.5. The molecule has 8 heteroatoms. The van der Waals surface area contributed by atoms with Crippen molar-refractivity contribution in [2.45, 2.75) is 0 Å². The van der Waals surface area contributed by atoms with E-state index in [1.807, 2.05) is 6.07 Å². The number of halogens is 1. The lowest BCUT2D eigenvalue weighted by molar-refractivity contribution is -0.387. The first kappa shape index (κ1) is 14.1. The van der Waals surface area contributed by atoms with E-state index < -0.39 is 16.4 Å². The number of rotatable bonds is 3. The van der Waals surface area contributed by atoms with Gasteiger partial charge in [-0.05, 0) is 18.2 Å². The second kappa shape index (κ2) is 5.27. The maximum atomic E-state index is 14.4. The van der Waals surface area contributed by atoms with E-state index in [1.165, 1.54) is 16.7 Å². The van der Waals surface area contributed by atoms with Crippen LogP contribution in [0.1, 0.15) is 0 Å². The molecule has 0 amide bonds. The van der Waals surface area contributed by atoms with Gasteiger partial charge in [-0.15, -0.1) is 0 Å². The maximum Gasteiger partial charge on any atom is 0.306 e. The molecular formula is C16H10FN5O2. The fourth-order valence-corrected chi connectivity index (χ4v) is 2.57. The molecule has 0 fully saturated rings. The number of pyridine rings is 1. The van der Waals surface area contributed by atoms with E-state index in [-0.39, 0.29) is 5.69 Å². The van der Waals surface area contributed by atoms with Gasteiger partial charge in [-0.1, -0.05) is 6.07 Å². The highest BCUT2D eigenvalue weighted by molar-refractivity contribution is 5.65. The zero-order valence-corrected chi connectivity index (χ0v) is 12.2. The van der Waals surface area contributed by atoms with Crippen molar-refractivity contribution in [3.8, 4) is 16.9 Å². The van der Waals surface area contributed by atoms with Crippen LogP contribution in [0.3, 0.4) is 0 Å². The van der Waals surface area contributed by atoms with Crippen LogP contribution < -0.4 is 0 Å². The van der Waals surface area contributed by atoms with E-state index in [9.17, 15) is 14.5 Å². The number of hydrogen-bond donors (Lipinski definition) is 0. The molecule has 0 unspecified atom stereocenters. The van der Waals surface area contributed by atoms with Crippen LogP contribution in [-0.4, -0.2) is 24.1 Å². The molecule has 0 atom stereocenters. The SMILES string of the molecule is O=[N+]([O-])c1cccc(-n2ccn3nc(-c4cccnc4)cc23)c1F. The zero-order valence-electron chi connectivity index (χ0n) is 12.2. The summed E-state index contributed by atoms with van der Waals surface area (Å²) >= 11 is 0. The third kappa shape index (κ3) is 2.12. The predicted octanol–water partition coefficient (Wildman–Crippen LogP) is 3.23. The molecule has 0 aliphatic rings. The molecule has 0 saturated heterocycles. The number of nitro groups is 1. The van der Waals surface area contributed by atoms with Crippen molar-refractivity contribution in [2.24, 2.45) is 0 Å².